The summed E-state index contributed by atoms with van der Waals surface area (Å²) >= 11 is 0. The number of sulfonamides is 1. The van der Waals surface area contributed by atoms with Crippen LogP contribution in [0, 0.1) is 12.8 Å². The molecule has 1 aliphatic heterocycles. The van der Waals surface area contributed by atoms with Crippen molar-refractivity contribution in [3.05, 3.63) is 84.4 Å². The second-order valence-electron chi connectivity index (χ2n) is 7.92. The summed E-state index contributed by atoms with van der Waals surface area (Å²) in [5.74, 6) is -0.252. The maximum atomic E-state index is 12.8. The van der Waals surface area contributed by atoms with Crippen LogP contribution in [0.2, 0.25) is 0 Å². The minimum atomic E-state index is -3.52. The normalized spacial score (nSPS) is 15.5. The van der Waals surface area contributed by atoms with Crippen LogP contribution in [-0.4, -0.2) is 31.7 Å². The average molecular weight is 435 g/mol. The molecular weight excluding hydrogens is 408 g/mol. The van der Waals surface area contributed by atoms with E-state index in [0.29, 0.717) is 30.8 Å². The van der Waals surface area contributed by atoms with Crippen LogP contribution in [0.4, 0.5) is 5.69 Å². The first-order chi connectivity index (χ1) is 14.9. The molecular formula is C25H26N2O3S. The van der Waals surface area contributed by atoms with Crippen molar-refractivity contribution in [3.63, 3.8) is 0 Å². The van der Waals surface area contributed by atoms with Gasteiger partial charge in [0.2, 0.25) is 15.9 Å². The Bertz CT molecular complexity index is 1130. The second kappa shape index (κ2) is 9.04. The summed E-state index contributed by atoms with van der Waals surface area (Å²) < 4.78 is 27.2. The van der Waals surface area contributed by atoms with Gasteiger partial charge in [0.25, 0.3) is 0 Å². The lowest BCUT2D eigenvalue weighted by atomic mass is 9.97. The van der Waals surface area contributed by atoms with Crippen LogP contribution in [0.5, 0.6) is 0 Å². The van der Waals surface area contributed by atoms with Gasteiger partial charge in [-0.2, -0.15) is 4.31 Å². The van der Waals surface area contributed by atoms with Gasteiger partial charge in [0.1, 0.15) is 0 Å². The predicted octanol–water partition coefficient (Wildman–Crippen LogP) is 4.70. The zero-order valence-corrected chi connectivity index (χ0v) is 18.3. The van der Waals surface area contributed by atoms with Crippen molar-refractivity contribution in [1.82, 2.24) is 4.31 Å². The van der Waals surface area contributed by atoms with E-state index < -0.39 is 10.0 Å². The fourth-order valence-corrected chi connectivity index (χ4v) is 5.31. The molecule has 0 unspecified atom stereocenters. The van der Waals surface area contributed by atoms with E-state index >= 15 is 0 Å². The highest BCUT2D eigenvalue weighted by Crippen LogP contribution is 2.26. The Morgan fingerprint density at radius 2 is 1.42 bits per heavy atom. The van der Waals surface area contributed by atoms with Crippen LogP contribution in [0.3, 0.4) is 0 Å². The van der Waals surface area contributed by atoms with Gasteiger partial charge in [-0.3, -0.25) is 4.79 Å². The number of anilines is 1. The fourth-order valence-electron chi connectivity index (χ4n) is 3.84. The first kappa shape index (κ1) is 21.3. The lowest BCUT2D eigenvalue weighted by molar-refractivity contribution is -0.120. The molecule has 5 nitrogen and oxygen atoms in total. The number of benzene rings is 3. The number of nitrogens with one attached hydrogen (secondary N) is 1. The molecule has 160 valence electrons. The molecule has 3 aromatic rings. The minimum absolute atomic E-state index is 0.0557. The van der Waals surface area contributed by atoms with Crippen LogP contribution >= 0.6 is 0 Å². The van der Waals surface area contributed by atoms with Crippen molar-refractivity contribution < 1.29 is 13.2 Å². The van der Waals surface area contributed by atoms with E-state index in [4.69, 9.17) is 0 Å². The molecule has 3 aromatic carbocycles. The lowest BCUT2D eigenvalue weighted by Gasteiger charge is -2.30. The number of aryl methyl sites for hydroxylation is 1. The smallest absolute Gasteiger partial charge is 0.243 e. The molecule has 4 rings (SSSR count). The zero-order chi connectivity index (χ0) is 21.8. The van der Waals surface area contributed by atoms with Crippen molar-refractivity contribution in [1.29, 1.82) is 0 Å². The molecule has 0 spiro atoms. The molecule has 0 saturated carbocycles. The first-order valence-electron chi connectivity index (χ1n) is 10.5. The third kappa shape index (κ3) is 4.86. The molecule has 0 radical (unpaired) electrons. The Morgan fingerprint density at radius 3 is 2.03 bits per heavy atom. The number of carbonyl (C=O) groups is 1. The molecule has 0 bridgehead atoms. The Hall–Kier alpha value is -2.96. The van der Waals surface area contributed by atoms with Gasteiger partial charge in [-0.25, -0.2) is 8.42 Å². The number of rotatable bonds is 5. The lowest BCUT2D eigenvalue weighted by Crippen LogP contribution is -2.41. The summed E-state index contributed by atoms with van der Waals surface area (Å²) in [6.07, 6.45) is 1.03. The maximum Gasteiger partial charge on any atom is 0.243 e. The van der Waals surface area contributed by atoms with Crippen LogP contribution < -0.4 is 5.32 Å². The summed E-state index contributed by atoms with van der Waals surface area (Å²) in [5, 5.41) is 2.97. The topological polar surface area (TPSA) is 66.5 Å². The summed E-state index contributed by atoms with van der Waals surface area (Å²) in [6, 6.07) is 24.7. The quantitative estimate of drug-likeness (QED) is 0.633. The molecule has 31 heavy (non-hydrogen) atoms. The zero-order valence-electron chi connectivity index (χ0n) is 17.5. The monoisotopic (exact) mass is 434 g/mol. The van der Waals surface area contributed by atoms with Gasteiger partial charge in [0.15, 0.2) is 0 Å². The Labute approximate surface area is 183 Å². The Morgan fingerprint density at radius 1 is 0.839 bits per heavy atom. The predicted molar refractivity (Wildman–Crippen MR) is 123 cm³/mol. The van der Waals surface area contributed by atoms with Gasteiger partial charge in [-0.05, 0) is 55.2 Å². The molecule has 1 amide bonds. The minimum Gasteiger partial charge on any atom is -0.326 e. The third-order valence-corrected chi connectivity index (χ3v) is 7.66. The number of hydrogen-bond acceptors (Lipinski definition) is 3. The van der Waals surface area contributed by atoms with Crippen molar-refractivity contribution in [2.24, 2.45) is 5.92 Å². The molecule has 1 heterocycles. The number of piperidine rings is 1. The van der Waals surface area contributed by atoms with Gasteiger partial charge < -0.3 is 5.32 Å². The summed E-state index contributed by atoms with van der Waals surface area (Å²) in [7, 11) is -3.52. The second-order valence-corrected chi connectivity index (χ2v) is 9.86. The van der Waals surface area contributed by atoms with E-state index in [2.05, 4.69) is 5.32 Å². The number of nitrogens with zero attached hydrogens (tertiary/aromatic N) is 1. The standard InChI is InChI=1S/C25H26N2O3S/c1-19-7-13-24(14-8-19)31(29,30)27-17-15-22(16-18-27)25(28)26-23-11-9-21(10-12-23)20-5-3-2-4-6-20/h2-14,22H,15-18H2,1H3,(H,26,28). The molecule has 1 N–H and O–H groups in total. The highest BCUT2D eigenvalue weighted by atomic mass is 32.2. The molecule has 1 fully saturated rings. The van der Waals surface area contributed by atoms with Crippen LogP contribution in [0.25, 0.3) is 11.1 Å². The fraction of sp³-hybridized carbons (Fsp3) is 0.240. The van der Waals surface area contributed by atoms with Gasteiger partial charge in [-0.15, -0.1) is 0 Å². The SMILES string of the molecule is Cc1ccc(S(=O)(=O)N2CCC(C(=O)Nc3ccc(-c4ccccc4)cc3)CC2)cc1. The highest BCUT2D eigenvalue weighted by Gasteiger charge is 2.32. The highest BCUT2D eigenvalue weighted by molar-refractivity contribution is 7.89. The van der Waals surface area contributed by atoms with E-state index in [0.717, 1.165) is 22.4 Å². The van der Waals surface area contributed by atoms with E-state index in [9.17, 15) is 13.2 Å². The molecule has 6 heteroatoms. The molecule has 0 aromatic heterocycles. The Kier molecular flexibility index (Phi) is 6.20. The molecule has 0 aliphatic carbocycles. The summed E-state index contributed by atoms with van der Waals surface area (Å²) in [6.45, 7) is 2.62. The van der Waals surface area contributed by atoms with Crippen molar-refractivity contribution in [2.75, 3.05) is 18.4 Å². The number of hydrogen-bond donors (Lipinski definition) is 1. The molecule has 1 saturated heterocycles. The first-order valence-corrected chi connectivity index (χ1v) is 11.9. The van der Waals surface area contributed by atoms with Crippen LogP contribution in [0.1, 0.15) is 18.4 Å². The van der Waals surface area contributed by atoms with E-state index in [1.807, 2.05) is 61.5 Å². The van der Waals surface area contributed by atoms with Gasteiger partial charge in [-0.1, -0.05) is 60.2 Å². The van der Waals surface area contributed by atoms with Gasteiger partial charge in [0, 0.05) is 24.7 Å². The van der Waals surface area contributed by atoms with E-state index in [-0.39, 0.29) is 11.8 Å². The van der Waals surface area contributed by atoms with Crippen molar-refractivity contribution in [2.45, 2.75) is 24.7 Å². The summed E-state index contributed by atoms with van der Waals surface area (Å²) in [4.78, 5) is 13.0. The maximum absolute atomic E-state index is 12.8. The Balaban J connectivity index is 1.34. The van der Waals surface area contributed by atoms with Crippen molar-refractivity contribution >= 4 is 21.6 Å². The van der Waals surface area contributed by atoms with E-state index in [1.54, 1.807) is 24.3 Å². The summed E-state index contributed by atoms with van der Waals surface area (Å²) in [5.41, 5.74) is 3.99. The van der Waals surface area contributed by atoms with E-state index in [1.165, 1.54) is 4.31 Å². The molecule has 1 aliphatic rings. The largest absolute Gasteiger partial charge is 0.326 e. The van der Waals surface area contributed by atoms with Crippen LogP contribution in [-0.2, 0) is 14.8 Å². The average Bonchev–Trinajstić information content (AvgIpc) is 2.80. The van der Waals surface area contributed by atoms with Crippen molar-refractivity contribution in [3.8, 4) is 11.1 Å². The number of carbonyl (C=O) groups excluding carboxylic acids is 1. The van der Waals surface area contributed by atoms with Gasteiger partial charge >= 0.3 is 0 Å². The third-order valence-electron chi connectivity index (χ3n) is 5.74. The number of amides is 1. The van der Waals surface area contributed by atoms with Gasteiger partial charge in [0.05, 0.1) is 4.90 Å². The molecule has 0 atom stereocenters. The van der Waals surface area contributed by atoms with Crippen LogP contribution in [0.15, 0.2) is 83.8 Å².